The van der Waals surface area contributed by atoms with E-state index in [0.717, 1.165) is 22.2 Å². The van der Waals surface area contributed by atoms with Gasteiger partial charge in [0, 0.05) is 17.8 Å². The third kappa shape index (κ3) is 2.26. The van der Waals surface area contributed by atoms with Crippen molar-refractivity contribution in [1.82, 2.24) is 14.3 Å². The molecular weight excluding hydrogens is 306 g/mol. The second-order valence-electron chi connectivity index (χ2n) is 4.96. The molecule has 0 aromatic carbocycles. The summed E-state index contributed by atoms with van der Waals surface area (Å²) in [7, 11) is 0. The van der Waals surface area contributed by atoms with E-state index in [1.54, 1.807) is 23.1 Å². The number of aromatic nitrogens is 2. The Morgan fingerprint density at radius 3 is 3.14 bits per heavy atom. The lowest BCUT2D eigenvalue weighted by Gasteiger charge is -2.21. The first-order valence-corrected chi connectivity index (χ1v) is 8.52. The number of hydrogen-bond acceptors (Lipinski definition) is 5. The molecule has 0 unspecified atom stereocenters. The van der Waals surface area contributed by atoms with Crippen LogP contribution < -0.4 is 0 Å². The second kappa shape index (κ2) is 4.92. The topological polar surface area (TPSA) is 50.8 Å². The molecule has 0 radical (unpaired) electrons. The van der Waals surface area contributed by atoms with E-state index in [9.17, 15) is 4.79 Å². The average molecular weight is 319 g/mol. The molecule has 1 saturated heterocycles. The van der Waals surface area contributed by atoms with Crippen LogP contribution in [0, 0.1) is 6.92 Å². The van der Waals surface area contributed by atoms with Gasteiger partial charge in [-0.05, 0) is 19.1 Å². The smallest absolute Gasteiger partial charge is 0.234 e. The van der Waals surface area contributed by atoms with Gasteiger partial charge in [0.05, 0.1) is 18.0 Å². The Bertz CT molecular complexity index is 775. The standard InChI is InChI=1S/C14H13N3O2S2/c1-9-2-3-11(19-9)13-17(12(18)8-21-13)7-10-6-16-4-5-20-14(16)15-10/h2-6,13H,7-8H2,1H3/t13-/m1/s1. The molecule has 3 aromatic heterocycles. The quantitative estimate of drug-likeness (QED) is 0.744. The lowest BCUT2D eigenvalue weighted by molar-refractivity contribution is -0.128. The molecule has 1 amide bonds. The number of thioether (sulfide) groups is 1. The van der Waals surface area contributed by atoms with Crippen LogP contribution in [0.2, 0.25) is 0 Å². The summed E-state index contributed by atoms with van der Waals surface area (Å²) in [5, 5.41) is 1.95. The maximum absolute atomic E-state index is 12.2. The minimum absolute atomic E-state index is 0.0501. The maximum Gasteiger partial charge on any atom is 0.234 e. The summed E-state index contributed by atoms with van der Waals surface area (Å²) >= 11 is 3.20. The van der Waals surface area contributed by atoms with Gasteiger partial charge in [-0.25, -0.2) is 4.98 Å². The van der Waals surface area contributed by atoms with Gasteiger partial charge in [0.15, 0.2) is 4.96 Å². The van der Waals surface area contributed by atoms with E-state index in [-0.39, 0.29) is 11.3 Å². The first-order valence-electron chi connectivity index (χ1n) is 6.59. The Morgan fingerprint density at radius 2 is 2.38 bits per heavy atom. The van der Waals surface area contributed by atoms with Crippen molar-refractivity contribution in [2.45, 2.75) is 18.8 Å². The number of nitrogens with zero attached hydrogens (tertiary/aromatic N) is 3. The number of hydrogen-bond donors (Lipinski definition) is 0. The summed E-state index contributed by atoms with van der Waals surface area (Å²) in [6.45, 7) is 2.43. The molecule has 1 atom stereocenters. The highest BCUT2D eigenvalue weighted by Crippen LogP contribution is 2.40. The molecule has 0 spiro atoms. The van der Waals surface area contributed by atoms with E-state index in [4.69, 9.17) is 4.42 Å². The van der Waals surface area contributed by atoms with Gasteiger partial charge in [0.2, 0.25) is 5.91 Å². The minimum atomic E-state index is -0.0501. The fourth-order valence-corrected chi connectivity index (χ4v) is 4.32. The van der Waals surface area contributed by atoms with Crippen molar-refractivity contribution in [1.29, 1.82) is 0 Å². The van der Waals surface area contributed by atoms with E-state index >= 15 is 0 Å². The number of fused-ring (bicyclic) bond motifs is 1. The van der Waals surface area contributed by atoms with E-state index in [1.807, 2.05) is 46.1 Å². The Balaban J connectivity index is 1.61. The highest BCUT2D eigenvalue weighted by Gasteiger charge is 2.35. The molecule has 1 aliphatic rings. The molecule has 4 heterocycles. The Hall–Kier alpha value is -1.73. The molecule has 108 valence electrons. The lowest BCUT2D eigenvalue weighted by atomic mass is 10.3. The van der Waals surface area contributed by atoms with Crippen molar-refractivity contribution in [3.63, 3.8) is 0 Å². The fraction of sp³-hybridized carbons (Fsp3) is 0.286. The van der Waals surface area contributed by atoms with Gasteiger partial charge in [-0.15, -0.1) is 23.1 Å². The number of aryl methyl sites for hydroxylation is 1. The van der Waals surface area contributed by atoms with Crippen LogP contribution in [-0.2, 0) is 11.3 Å². The van der Waals surface area contributed by atoms with Crippen molar-refractivity contribution in [2.75, 3.05) is 5.75 Å². The summed E-state index contributed by atoms with van der Waals surface area (Å²) in [5.41, 5.74) is 0.908. The zero-order valence-electron chi connectivity index (χ0n) is 11.4. The number of rotatable bonds is 3. The summed E-state index contributed by atoms with van der Waals surface area (Å²) in [5.74, 6) is 2.33. The molecule has 0 saturated carbocycles. The molecule has 21 heavy (non-hydrogen) atoms. The second-order valence-corrected chi connectivity index (χ2v) is 6.90. The first kappa shape index (κ1) is 13.0. The molecule has 5 nitrogen and oxygen atoms in total. The number of carbonyl (C=O) groups is 1. The van der Waals surface area contributed by atoms with Gasteiger partial charge >= 0.3 is 0 Å². The van der Waals surface area contributed by atoms with Crippen molar-refractivity contribution in [3.8, 4) is 0 Å². The molecule has 3 aromatic rings. The predicted molar refractivity (Wildman–Crippen MR) is 82.3 cm³/mol. The zero-order chi connectivity index (χ0) is 14.4. The van der Waals surface area contributed by atoms with Gasteiger partial charge in [-0.3, -0.25) is 9.20 Å². The van der Waals surface area contributed by atoms with Gasteiger partial charge in [-0.2, -0.15) is 0 Å². The van der Waals surface area contributed by atoms with Crippen LogP contribution in [0.3, 0.4) is 0 Å². The zero-order valence-corrected chi connectivity index (χ0v) is 13.0. The van der Waals surface area contributed by atoms with Crippen LogP contribution in [0.25, 0.3) is 4.96 Å². The fourth-order valence-electron chi connectivity index (χ4n) is 2.47. The minimum Gasteiger partial charge on any atom is -0.463 e. The summed E-state index contributed by atoms with van der Waals surface area (Å²) in [4.78, 5) is 19.5. The molecule has 0 N–H and O–H groups in total. The number of furan rings is 1. The van der Waals surface area contributed by atoms with E-state index < -0.39 is 0 Å². The molecule has 1 aliphatic heterocycles. The average Bonchev–Trinajstić information content (AvgIpc) is 3.16. The third-order valence-electron chi connectivity index (χ3n) is 3.45. The molecular formula is C14H13N3O2S2. The number of thiazole rings is 1. The van der Waals surface area contributed by atoms with Crippen LogP contribution in [-0.4, -0.2) is 25.9 Å². The number of imidazole rings is 1. The summed E-state index contributed by atoms with van der Waals surface area (Å²) in [6.07, 6.45) is 3.96. The van der Waals surface area contributed by atoms with Crippen molar-refractivity contribution in [2.24, 2.45) is 0 Å². The summed E-state index contributed by atoms with van der Waals surface area (Å²) < 4.78 is 7.68. The molecule has 4 rings (SSSR count). The van der Waals surface area contributed by atoms with Crippen LogP contribution in [0.4, 0.5) is 0 Å². The number of amides is 1. The van der Waals surface area contributed by atoms with Gasteiger partial charge in [0.25, 0.3) is 0 Å². The monoisotopic (exact) mass is 319 g/mol. The van der Waals surface area contributed by atoms with Gasteiger partial charge < -0.3 is 9.32 Å². The van der Waals surface area contributed by atoms with Crippen molar-refractivity contribution < 1.29 is 9.21 Å². The lowest BCUT2D eigenvalue weighted by Crippen LogP contribution is -2.27. The predicted octanol–water partition coefficient (Wildman–Crippen LogP) is 3.07. The highest BCUT2D eigenvalue weighted by atomic mass is 32.2. The Kier molecular flexibility index (Phi) is 3.04. The first-order chi connectivity index (χ1) is 10.2. The summed E-state index contributed by atoms with van der Waals surface area (Å²) in [6, 6.07) is 3.88. The van der Waals surface area contributed by atoms with Gasteiger partial charge in [-0.1, -0.05) is 0 Å². The molecule has 0 aliphatic carbocycles. The normalized spacial score (nSPS) is 19.0. The molecule has 1 fully saturated rings. The van der Waals surface area contributed by atoms with E-state index in [2.05, 4.69) is 4.98 Å². The SMILES string of the molecule is Cc1ccc([C@H]2SCC(=O)N2Cc2cn3ccsc3n2)o1. The van der Waals surface area contributed by atoms with Crippen LogP contribution in [0.1, 0.15) is 22.6 Å². The Morgan fingerprint density at radius 1 is 1.48 bits per heavy atom. The molecule has 0 bridgehead atoms. The van der Waals surface area contributed by atoms with Crippen LogP contribution in [0.15, 0.2) is 34.3 Å². The number of carbonyl (C=O) groups excluding carboxylic acids is 1. The van der Waals surface area contributed by atoms with Gasteiger partial charge in [0.1, 0.15) is 16.9 Å². The van der Waals surface area contributed by atoms with E-state index in [0.29, 0.717) is 12.3 Å². The largest absolute Gasteiger partial charge is 0.463 e. The van der Waals surface area contributed by atoms with Crippen LogP contribution in [0.5, 0.6) is 0 Å². The maximum atomic E-state index is 12.2. The third-order valence-corrected chi connectivity index (χ3v) is 5.43. The van der Waals surface area contributed by atoms with E-state index in [1.165, 1.54) is 0 Å². The molecule has 7 heteroatoms. The van der Waals surface area contributed by atoms with Crippen LogP contribution >= 0.6 is 23.1 Å². The Labute approximate surface area is 129 Å². The van der Waals surface area contributed by atoms with Crippen molar-refractivity contribution >= 4 is 34.0 Å². The van der Waals surface area contributed by atoms with Crippen molar-refractivity contribution in [3.05, 3.63) is 47.1 Å². The highest BCUT2D eigenvalue weighted by molar-refractivity contribution is 8.00.